The summed E-state index contributed by atoms with van der Waals surface area (Å²) in [4.78, 5) is 23.8. The van der Waals surface area contributed by atoms with Crippen molar-refractivity contribution in [3.8, 4) is 0 Å². The summed E-state index contributed by atoms with van der Waals surface area (Å²) in [5, 5.41) is 6.30. The molecule has 0 aliphatic rings. The highest BCUT2D eigenvalue weighted by Crippen LogP contribution is 2.24. The van der Waals surface area contributed by atoms with E-state index in [4.69, 9.17) is 8.83 Å². The van der Waals surface area contributed by atoms with Crippen LogP contribution in [0.4, 0.5) is 0 Å². The van der Waals surface area contributed by atoms with Crippen LogP contribution in [0.2, 0.25) is 0 Å². The third-order valence-corrected chi connectivity index (χ3v) is 3.49. The third-order valence-electron chi connectivity index (χ3n) is 3.49. The zero-order valence-electron chi connectivity index (χ0n) is 12.6. The van der Waals surface area contributed by atoms with Crippen molar-refractivity contribution in [3.63, 3.8) is 0 Å². The standard InChI is InChI=1S/C17H16N2O4/c1-11-12-5-2-3-6-13(12)23-15(11)17(21)19-9-8-18-16(20)14-7-4-10-22-14/h2-7,10H,8-9H2,1H3,(H,18,20)(H,19,21). The summed E-state index contributed by atoms with van der Waals surface area (Å²) in [7, 11) is 0. The van der Waals surface area contributed by atoms with Gasteiger partial charge >= 0.3 is 0 Å². The first-order valence-electron chi connectivity index (χ1n) is 7.25. The van der Waals surface area contributed by atoms with Gasteiger partial charge in [-0.15, -0.1) is 0 Å². The van der Waals surface area contributed by atoms with E-state index in [2.05, 4.69) is 10.6 Å². The smallest absolute Gasteiger partial charge is 0.287 e. The lowest BCUT2D eigenvalue weighted by atomic mass is 10.1. The average molecular weight is 312 g/mol. The highest BCUT2D eigenvalue weighted by atomic mass is 16.3. The number of nitrogens with one attached hydrogen (secondary N) is 2. The summed E-state index contributed by atoms with van der Waals surface area (Å²) in [5.41, 5.74) is 1.49. The molecule has 0 spiro atoms. The molecule has 2 aromatic heterocycles. The maximum Gasteiger partial charge on any atom is 0.287 e. The molecule has 0 atom stereocenters. The Labute approximate surface area is 132 Å². The van der Waals surface area contributed by atoms with E-state index in [1.807, 2.05) is 31.2 Å². The van der Waals surface area contributed by atoms with Gasteiger partial charge in [0.1, 0.15) is 5.58 Å². The van der Waals surface area contributed by atoms with E-state index in [-0.39, 0.29) is 17.6 Å². The highest BCUT2D eigenvalue weighted by molar-refractivity contribution is 5.98. The van der Waals surface area contributed by atoms with Gasteiger partial charge in [0.15, 0.2) is 11.5 Å². The van der Waals surface area contributed by atoms with Gasteiger partial charge in [0.25, 0.3) is 11.8 Å². The molecule has 0 aliphatic carbocycles. The highest BCUT2D eigenvalue weighted by Gasteiger charge is 2.16. The molecule has 6 nitrogen and oxygen atoms in total. The van der Waals surface area contributed by atoms with Crippen LogP contribution in [0, 0.1) is 6.92 Å². The molecule has 0 aliphatic heterocycles. The molecule has 0 bridgehead atoms. The van der Waals surface area contributed by atoms with Gasteiger partial charge in [0.05, 0.1) is 6.26 Å². The number of aryl methyl sites for hydroxylation is 1. The first-order valence-corrected chi connectivity index (χ1v) is 7.25. The Kier molecular flexibility index (Phi) is 4.14. The number of furan rings is 2. The number of carbonyl (C=O) groups is 2. The zero-order chi connectivity index (χ0) is 16.2. The maximum atomic E-state index is 12.2. The van der Waals surface area contributed by atoms with Crippen molar-refractivity contribution >= 4 is 22.8 Å². The number of fused-ring (bicyclic) bond motifs is 1. The molecule has 0 unspecified atom stereocenters. The van der Waals surface area contributed by atoms with Gasteiger partial charge in [-0.2, -0.15) is 0 Å². The minimum atomic E-state index is -0.316. The molecule has 6 heteroatoms. The minimum Gasteiger partial charge on any atom is -0.459 e. The number of amides is 2. The van der Waals surface area contributed by atoms with Gasteiger partial charge < -0.3 is 19.5 Å². The number of carbonyl (C=O) groups excluding carboxylic acids is 2. The molecule has 3 rings (SSSR count). The second-order valence-electron chi connectivity index (χ2n) is 5.04. The molecule has 0 saturated heterocycles. The van der Waals surface area contributed by atoms with Gasteiger partial charge in [-0.25, -0.2) is 0 Å². The molecule has 0 saturated carbocycles. The maximum absolute atomic E-state index is 12.2. The molecule has 2 amide bonds. The lowest BCUT2D eigenvalue weighted by molar-refractivity contribution is 0.0901. The van der Waals surface area contributed by atoms with Gasteiger partial charge in [0, 0.05) is 24.0 Å². The topological polar surface area (TPSA) is 84.5 Å². The first kappa shape index (κ1) is 14.9. The van der Waals surface area contributed by atoms with Crippen LogP contribution in [0.1, 0.15) is 26.7 Å². The Hall–Kier alpha value is -3.02. The first-order chi connectivity index (χ1) is 11.2. The van der Waals surface area contributed by atoms with Crippen LogP contribution in [0.25, 0.3) is 11.0 Å². The van der Waals surface area contributed by atoms with Crippen molar-refractivity contribution in [1.82, 2.24) is 10.6 Å². The van der Waals surface area contributed by atoms with Crippen molar-refractivity contribution in [1.29, 1.82) is 0 Å². The molecular formula is C17H16N2O4. The molecule has 0 fully saturated rings. The summed E-state index contributed by atoms with van der Waals surface area (Å²) in [6.45, 7) is 2.44. The van der Waals surface area contributed by atoms with E-state index in [1.54, 1.807) is 12.1 Å². The van der Waals surface area contributed by atoms with Crippen molar-refractivity contribution in [3.05, 3.63) is 59.7 Å². The Morgan fingerprint density at radius 3 is 2.43 bits per heavy atom. The van der Waals surface area contributed by atoms with Crippen LogP contribution in [0.5, 0.6) is 0 Å². The van der Waals surface area contributed by atoms with Gasteiger partial charge in [0.2, 0.25) is 0 Å². The van der Waals surface area contributed by atoms with Crippen LogP contribution < -0.4 is 10.6 Å². The van der Waals surface area contributed by atoms with Crippen molar-refractivity contribution in [2.24, 2.45) is 0 Å². The van der Waals surface area contributed by atoms with Gasteiger partial charge in [-0.1, -0.05) is 18.2 Å². The van der Waals surface area contributed by atoms with Gasteiger partial charge in [-0.3, -0.25) is 9.59 Å². The fraction of sp³-hybridized carbons (Fsp3) is 0.176. The molecule has 23 heavy (non-hydrogen) atoms. The molecular weight excluding hydrogens is 296 g/mol. The van der Waals surface area contributed by atoms with E-state index in [0.29, 0.717) is 24.4 Å². The molecule has 3 aromatic rings. The number of hydrogen-bond donors (Lipinski definition) is 2. The average Bonchev–Trinajstić information content (AvgIpc) is 3.20. The Bertz CT molecular complexity index is 834. The lowest BCUT2D eigenvalue weighted by Gasteiger charge is -2.05. The summed E-state index contributed by atoms with van der Waals surface area (Å²) < 4.78 is 10.6. The zero-order valence-corrected chi connectivity index (χ0v) is 12.6. The summed E-state index contributed by atoms with van der Waals surface area (Å²) in [5.74, 6) is -0.0804. The summed E-state index contributed by atoms with van der Waals surface area (Å²) in [6.07, 6.45) is 1.43. The van der Waals surface area contributed by atoms with Crippen molar-refractivity contribution in [2.45, 2.75) is 6.92 Å². The molecule has 2 heterocycles. The number of rotatable bonds is 5. The SMILES string of the molecule is Cc1c(C(=O)NCCNC(=O)c2ccco2)oc2ccccc12. The fourth-order valence-electron chi connectivity index (χ4n) is 2.32. The quantitative estimate of drug-likeness (QED) is 0.709. The lowest BCUT2D eigenvalue weighted by Crippen LogP contribution is -2.34. The molecule has 2 N–H and O–H groups in total. The largest absolute Gasteiger partial charge is 0.459 e. The molecule has 118 valence electrons. The predicted octanol–water partition coefficient (Wildman–Crippen LogP) is 2.49. The summed E-state index contributed by atoms with van der Waals surface area (Å²) in [6, 6.07) is 10.7. The van der Waals surface area contributed by atoms with Crippen LogP contribution in [0.15, 0.2) is 51.5 Å². The number of hydrogen-bond acceptors (Lipinski definition) is 4. The predicted molar refractivity (Wildman–Crippen MR) is 84.3 cm³/mol. The Morgan fingerprint density at radius 1 is 1.00 bits per heavy atom. The van der Waals surface area contributed by atoms with Crippen molar-refractivity contribution in [2.75, 3.05) is 13.1 Å². The second-order valence-corrected chi connectivity index (χ2v) is 5.04. The fourth-order valence-corrected chi connectivity index (χ4v) is 2.32. The van der Waals surface area contributed by atoms with Crippen LogP contribution in [-0.2, 0) is 0 Å². The van der Waals surface area contributed by atoms with E-state index < -0.39 is 0 Å². The second kappa shape index (κ2) is 6.39. The van der Waals surface area contributed by atoms with E-state index in [1.165, 1.54) is 6.26 Å². The summed E-state index contributed by atoms with van der Waals surface area (Å²) >= 11 is 0. The van der Waals surface area contributed by atoms with Crippen molar-refractivity contribution < 1.29 is 18.4 Å². The number of benzene rings is 1. The number of para-hydroxylation sites is 1. The Balaban J connectivity index is 1.55. The van der Waals surface area contributed by atoms with Crippen LogP contribution in [-0.4, -0.2) is 24.9 Å². The molecule has 0 radical (unpaired) electrons. The van der Waals surface area contributed by atoms with Crippen LogP contribution >= 0.6 is 0 Å². The minimum absolute atomic E-state index is 0.240. The Morgan fingerprint density at radius 2 is 1.74 bits per heavy atom. The molecule has 1 aromatic carbocycles. The monoisotopic (exact) mass is 312 g/mol. The normalized spacial score (nSPS) is 10.7. The van der Waals surface area contributed by atoms with Crippen LogP contribution in [0.3, 0.4) is 0 Å². The van der Waals surface area contributed by atoms with E-state index in [0.717, 1.165) is 10.9 Å². The van der Waals surface area contributed by atoms with E-state index in [9.17, 15) is 9.59 Å². The third kappa shape index (κ3) is 3.11. The van der Waals surface area contributed by atoms with E-state index >= 15 is 0 Å². The van der Waals surface area contributed by atoms with Gasteiger partial charge in [-0.05, 0) is 25.1 Å².